The number of aromatic nitrogens is 1. The van der Waals surface area contributed by atoms with Gasteiger partial charge >= 0.3 is 5.97 Å². The van der Waals surface area contributed by atoms with Crippen molar-refractivity contribution in [2.75, 3.05) is 6.61 Å². The Morgan fingerprint density at radius 3 is 2.29 bits per heavy atom. The van der Waals surface area contributed by atoms with Crippen molar-refractivity contribution in [1.29, 1.82) is 0 Å². The van der Waals surface area contributed by atoms with Gasteiger partial charge in [-0.2, -0.15) is 0 Å². The van der Waals surface area contributed by atoms with Crippen molar-refractivity contribution in [3.8, 4) is 11.5 Å². The molecule has 4 aliphatic rings. The zero-order valence-electron chi connectivity index (χ0n) is 16.1. The number of ether oxygens (including phenoxy) is 1. The van der Waals surface area contributed by atoms with Crippen LogP contribution in [0.3, 0.4) is 0 Å². The van der Waals surface area contributed by atoms with E-state index in [1.54, 1.807) is 6.92 Å². The van der Waals surface area contributed by atoms with Crippen LogP contribution in [0.5, 0.6) is 0 Å². The summed E-state index contributed by atoms with van der Waals surface area (Å²) in [4.78, 5) is 29.9. The Labute approximate surface area is 164 Å². The fraction of sp³-hybridized carbons (Fsp3) is 0.522. The summed E-state index contributed by atoms with van der Waals surface area (Å²) in [6.45, 7) is 1.54. The number of benzene rings is 1. The largest absolute Gasteiger partial charge is 0.453 e. The highest BCUT2D eigenvalue weighted by Gasteiger charge is 2.54. The van der Waals surface area contributed by atoms with Crippen LogP contribution in [0.1, 0.15) is 54.8 Å². The third-order valence-electron chi connectivity index (χ3n) is 6.97. The standard InChI is InChI=1S/C23H25NO4/c1-14-20(24-21(28-14)18-5-3-2-4-6-18)22(26)27-13-19(25)23-10-15-7-16(11-23)9-17(8-15)12-23/h2-6,15-17H,7-13H2,1H3. The van der Waals surface area contributed by atoms with Crippen LogP contribution in [0.25, 0.3) is 11.5 Å². The minimum absolute atomic E-state index is 0.101. The number of rotatable bonds is 5. The average molecular weight is 379 g/mol. The number of oxazole rings is 1. The second-order valence-electron chi connectivity index (χ2n) is 8.99. The molecule has 5 nitrogen and oxygen atoms in total. The molecule has 1 heterocycles. The van der Waals surface area contributed by atoms with Crippen molar-refractivity contribution in [3.63, 3.8) is 0 Å². The van der Waals surface area contributed by atoms with E-state index in [-0.39, 0.29) is 23.5 Å². The summed E-state index contributed by atoms with van der Waals surface area (Å²) in [6.07, 6.45) is 6.80. The topological polar surface area (TPSA) is 69.4 Å². The third kappa shape index (κ3) is 2.97. The van der Waals surface area contributed by atoms with Crippen molar-refractivity contribution >= 4 is 11.8 Å². The summed E-state index contributed by atoms with van der Waals surface area (Å²) in [6, 6.07) is 9.42. The van der Waals surface area contributed by atoms with Gasteiger partial charge in [-0.05, 0) is 75.3 Å². The SMILES string of the molecule is Cc1oc(-c2ccccc2)nc1C(=O)OCC(=O)C12CC3CC(CC(C3)C1)C2. The van der Waals surface area contributed by atoms with Crippen LogP contribution in [0, 0.1) is 30.1 Å². The molecule has 146 valence electrons. The molecule has 4 aliphatic carbocycles. The number of esters is 1. The number of ketones is 1. The molecule has 0 aliphatic heterocycles. The van der Waals surface area contributed by atoms with E-state index in [1.165, 1.54) is 19.3 Å². The zero-order valence-corrected chi connectivity index (χ0v) is 16.1. The maximum absolute atomic E-state index is 13.0. The lowest BCUT2D eigenvalue weighted by atomic mass is 9.48. The fourth-order valence-corrected chi connectivity index (χ4v) is 6.09. The van der Waals surface area contributed by atoms with E-state index in [0.29, 0.717) is 29.4 Å². The molecule has 0 amide bonds. The lowest BCUT2D eigenvalue weighted by Crippen LogP contribution is -2.51. The summed E-state index contributed by atoms with van der Waals surface area (Å²) < 4.78 is 11.0. The Balaban J connectivity index is 1.27. The van der Waals surface area contributed by atoms with Crippen LogP contribution in [-0.2, 0) is 9.53 Å². The van der Waals surface area contributed by atoms with E-state index in [4.69, 9.17) is 9.15 Å². The first kappa shape index (κ1) is 17.7. The molecule has 0 N–H and O–H groups in total. The minimum atomic E-state index is -0.582. The highest BCUT2D eigenvalue weighted by Crippen LogP contribution is 2.60. The molecule has 28 heavy (non-hydrogen) atoms. The first-order valence-corrected chi connectivity index (χ1v) is 10.3. The highest BCUT2D eigenvalue weighted by molar-refractivity contribution is 5.93. The average Bonchev–Trinajstić information content (AvgIpc) is 3.07. The van der Waals surface area contributed by atoms with Crippen LogP contribution in [0.2, 0.25) is 0 Å². The normalized spacial score (nSPS) is 30.4. The van der Waals surface area contributed by atoms with Gasteiger partial charge in [0.05, 0.1) is 0 Å². The molecule has 4 fully saturated rings. The van der Waals surface area contributed by atoms with Crippen LogP contribution >= 0.6 is 0 Å². The predicted molar refractivity (Wildman–Crippen MR) is 103 cm³/mol. The quantitative estimate of drug-likeness (QED) is 0.711. The fourth-order valence-electron chi connectivity index (χ4n) is 6.09. The second-order valence-corrected chi connectivity index (χ2v) is 8.99. The van der Waals surface area contributed by atoms with E-state index in [0.717, 1.165) is 24.8 Å². The summed E-state index contributed by atoms with van der Waals surface area (Å²) >= 11 is 0. The van der Waals surface area contributed by atoms with Gasteiger partial charge in [-0.15, -0.1) is 0 Å². The number of aryl methyl sites for hydroxylation is 1. The van der Waals surface area contributed by atoms with Crippen LogP contribution < -0.4 is 0 Å². The van der Waals surface area contributed by atoms with Crippen LogP contribution in [-0.4, -0.2) is 23.3 Å². The van der Waals surface area contributed by atoms with E-state index in [9.17, 15) is 9.59 Å². The maximum Gasteiger partial charge on any atom is 0.361 e. The second kappa shape index (κ2) is 6.57. The number of Topliss-reactive ketones (excluding diaryl/α,β-unsaturated/α-hetero) is 1. The van der Waals surface area contributed by atoms with Crippen LogP contribution in [0.15, 0.2) is 34.7 Å². The summed E-state index contributed by atoms with van der Waals surface area (Å²) in [5.74, 6) is 2.39. The predicted octanol–water partition coefficient (Wildman–Crippen LogP) is 4.59. The molecule has 0 radical (unpaired) electrons. The maximum atomic E-state index is 13.0. The molecule has 5 heteroatoms. The monoisotopic (exact) mass is 379 g/mol. The lowest BCUT2D eigenvalue weighted by molar-refractivity contribution is -0.147. The van der Waals surface area contributed by atoms with Gasteiger partial charge < -0.3 is 9.15 Å². The van der Waals surface area contributed by atoms with Gasteiger partial charge in [0.2, 0.25) is 5.89 Å². The summed E-state index contributed by atoms with van der Waals surface area (Å²) in [5.41, 5.74) is 0.703. The molecule has 0 unspecified atom stereocenters. The van der Waals surface area contributed by atoms with E-state index >= 15 is 0 Å². The molecule has 0 atom stereocenters. The molecule has 0 saturated heterocycles. The van der Waals surface area contributed by atoms with Gasteiger partial charge in [0.1, 0.15) is 5.76 Å². The molecular formula is C23H25NO4. The summed E-state index contributed by atoms with van der Waals surface area (Å²) in [5, 5.41) is 0. The first-order chi connectivity index (χ1) is 13.5. The van der Waals surface area contributed by atoms with E-state index in [2.05, 4.69) is 4.98 Å². The van der Waals surface area contributed by atoms with E-state index in [1.807, 2.05) is 30.3 Å². The number of nitrogens with zero attached hydrogens (tertiary/aromatic N) is 1. The smallest absolute Gasteiger partial charge is 0.361 e. The molecule has 4 bridgehead atoms. The molecule has 2 aromatic rings. The zero-order chi connectivity index (χ0) is 19.3. The van der Waals surface area contributed by atoms with Crippen molar-refractivity contribution in [1.82, 2.24) is 4.98 Å². The van der Waals surface area contributed by atoms with Gasteiger partial charge in [-0.1, -0.05) is 18.2 Å². The van der Waals surface area contributed by atoms with Gasteiger partial charge in [-0.25, -0.2) is 9.78 Å². The minimum Gasteiger partial charge on any atom is -0.453 e. The van der Waals surface area contributed by atoms with Crippen molar-refractivity contribution < 1.29 is 18.7 Å². The molecule has 0 spiro atoms. The number of carbonyl (C=O) groups excluding carboxylic acids is 2. The molecule has 6 rings (SSSR count). The van der Waals surface area contributed by atoms with Crippen LogP contribution in [0.4, 0.5) is 0 Å². The molecule has 1 aromatic carbocycles. The third-order valence-corrected chi connectivity index (χ3v) is 6.97. The Kier molecular flexibility index (Phi) is 4.14. The highest BCUT2D eigenvalue weighted by atomic mass is 16.5. The molecule has 4 saturated carbocycles. The van der Waals surface area contributed by atoms with E-state index < -0.39 is 5.97 Å². The lowest BCUT2D eigenvalue weighted by Gasteiger charge is -2.55. The Morgan fingerprint density at radius 2 is 1.68 bits per heavy atom. The Morgan fingerprint density at radius 1 is 1.07 bits per heavy atom. The Hall–Kier alpha value is -2.43. The summed E-state index contributed by atoms with van der Waals surface area (Å²) in [7, 11) is 0. The van der Waals surface area contributed by atoms with Gasteiger partial charge in [0.25, 0.3) is 0 Å². The van der Waals surface area contributed by atoms with Crippen molar-refractivity contribution in [2.45, 2.75) is 45.4 Å². The number of hydrogen-bond acceptors (Lipinski definition) is 5. The van der Waals surface area contributed by atoms with Crippen molar-refractivity contribution in [3.05, 3.63) is 41.8 Å². The molecule has 1 aromatic heterocycles. The first-order valence-electron chi connectivity index (χ1n) is 10.3. The van der Waals surface area contributed by atoms with Gasteiger partial charge in [0, 0.05) is 11.0 Å². The van der Waals surface area contributed by atoms with Gasteiger partial charge in [0.15, 0.2) is 18.1 Å². The van der Waals surface area contributed by atoms with Gasteiger partial charge in [-0.3, -0.25) is 4.79 Å². The Bertz CT molecular complexity index is 879. The number of hydrogen-bond donors (Lipinski definition) is 0. The molecular weight excluding hydrogens is 354 g/mol. The van der Waals surface area contributed by atoms with Crippen molar-refractivity contribution in [2.24, 2.45) is 23.2 Å². The number of carbonyl (C=O) groups is 2.